The number of aliphatic hydroxyl groups excluding tert-OH is 1. The summed E-state index contributed by atoms with van der Waals surface area (Å²) in [7, 11) is 0. The standard InChI is InChI=1S/C30H43NO5/c1-18(16-19-6-4-3-5-7-19)26(36-28(31)35)30-15-14-23-22(24(30)12-13-25(30)27(33)34)11-9-20-8-10-21(32)17-29(20,23)2/h3-7,18,20-26,32H,8-17H2,1-2H3,(H2,31,35)(H,33,34)/t18?,20?,21?,22-,23+,24+,25?,26?,29+,30-/m1/s1. The van der Waals surface area contributed by atoms with Crippen molar-refractivity contribution in [2.24, 2.45) is 52.1 Å². The highest BCUT2D eigenvalue weighted by molar-refractivity contribution is 5.72. The van der Waals surface area contributed by atoms with Crippen LogP contribution in [0.25, 0.3) is 0 Å². The quantitative estimate of drug-likeness (QED) is 0.486. The monoisotopic (exact) mass is 497 g/mol. The molecule has 5 unspecified atom stereocenters. The molecule has 1 amide bonds. The van der Waals surface area contributed by atoms with Gasteiger partial charge in [-0.2, -0.15) is 0 Å². The summed E-state index contributed by atoms with van der Waals surface area (Å²) in [5.41, 5.74) is 6.30. The van der Waals surface area contributed by atoms with E-state index >= 15 is 0 Å². The summed E-state index contributed by atoms with van der Waals surface area (Å²) < 4.78 is 5.97. The summed E-state index contributed by atoms with van der Waals surface area (Å²) in [4.78, 5) is 25.0. The summed E-state index contributed by atoms with van der Waals surface area (Å²) in [6, 6.07) is 10.1. The normalized spacial score (nSPS) is 41.3. The molecular weight excluding hydrogens is 454 g/mol. The molecule has 6 heteroatoms. The molecule has 0 radical (unpaired) electrons. The van der Waals surface area contributed by atoms with Gasteiger partial charge in [0.1, 0.15) is 6.10 Å². The van der Waals surface area contributed by atoms with Gasteiger partial charge in [-0.1, -0.05) is 44.2 Å². The van der Waals surface area contributed by atoms with Gasteiger partial charge >= 0.3 is 12.1 Å². The average molecular weight is 498 g/mol. The zero-order chi connectivity index (χ0) is 25.7. The first-order valence-corrected chi connectivity index (χ1v) is 14.1. The number of aliphatic hydroxyl groups is 1. The molecule has 1 aromatic carbocycles. The Labute approximate surface area is 215 Å². The van der Waals surface area contributed by atoms with Gasteiger partial charge in [0.05, 0.1) is 12.0 Å². The van der Waals surface area contributed by atoms with Gasteiger partial charge in [-0.25, -0.2) is 4.79 Å². The molecule has 1 aromatic rings. The van der Waals surface area contributed by atoms with Crippen LogP contribution in [-0.2, 0) is 16.0 Å². The number of nitrogens with two attached hydrogens (primary N) is 1. The summed E-state index contributed by atoms with van der Waals surface area (Å²) in [5.74, 6) is 0.357. The molecule has 4 N–H and O–H groups in total. The van der Waals surface area contributed by atoms with Gasteiger partial charge in [-0.15, -0.1) is 0 Å². The minimum absolute atomic E-state index is 0.0534. The highest BCUT2D eigenvalue weighted by atomic mass is 16.6. The Morgan fingerprint density at radius 1 is 1.06 bits per heavy atom. The molecule has 0 saturated heterocycles. The second-order valence-corrected chi connectivity index (χ2v) is 12.7. The van der Waals surface area contributed by atoms with Crippen LogP contribution in [-0.4, -0.2) is 34.5 Å². The molecule has 0 aromatic heterocycles. The first kappa shape index (κ1) is 25.6. The zero-order valence-corrected chi connectivity index (χ0v) is 21.8. The summed E-state index contributed by atoms with van der Waals surface area (Å²) >= 11 is 0. The predicted molar refractivity (Wildman–Crippen MR) is 137 cm³/mol. The third-order valence-electron chi connectivity index (χ3n) is 11.2. The number of aliphatic carboxylic acids is 1. The van der Waals surface area contributed by atoms with Crippen molar-refractivity contribution >= 4 is 12.1 Å². The smallest absolute Gasteiger partial charge is 0.404 e. The fourth-order valence-electron chi connectivity index (χ4n) is 9.94. The van der Waals surface area contributed by atoms with Gasteiger partial charge in [0.25, 0.3) is 0 Å². The average Bonchev–Trinajstić information content (AvgIpc) is 3.23. The van der Waals surface area contributed by atoms with E-state index in [1.807, 2.05) is 18.2 Å². The second kappa shape index (κ2) is 9.66. The van der Waals surface area contributed by atoms with E-state index in [0.29, 0.717) is 30.6 Å². The number of primary amides is 1. The molecule has 36 heavy (non-hydrogen) atoms. The van der Waals surface area contributed by atoms with Crippen LogP contribution in [0, 0.1) is 46.3 Å². The lowest BCUT2D eigenvalue weighted by Gasteiger charge is -2.62. The molecule has 0 heterocycles. The van der Waals surface area contributed by atoms with Gasteiger partial charge in [0.15, 0.2) is 0 Å². The van der Waals surface area contributed by atoms with Gasteiger partial charge in [-0.3, -0.25) is 4.79 Å². The number of hydrogen-bond acceptors (Lipinski definition) is 4. The number of carboxylic acid groups (broad SMARTS) is 1. The number of carboxylic acids is 1. The Hall–Kier alpha value is -2.08. The number of ether oxygens (including phenoxy) is 1. The first-order chi connectivity index (χ1) is 17.2. The molecule has 6 nitrogen and oxygen atoms in total. The third-order valence-corrected chi connectivity index (χ3v) is 11.2. The molecule has 0 spiro atoms. The van der Waals surface area contributed by atoms with Crippen molar-refractivity contribution in [2.45, 2.75) is 90.3 Å². The molecule has 0 bridgehead atoms. The largest absolute Gasteiger partial charge is 0.481 e. The highest BCUT2D eigenvalue weighted by Crippen LogP contribution is 2.69. The van der Waals surface area contributed by atoms with Crippen molar-refractivity contribution in [3.8, 4) is 0 Å². The van der Waals surface area contributed by atoms with Crippen LogP contribution in [0.5, 0.6) is 0 Å². The summed E-state index contributed by atoms with van der Waals surface area (Å²) in [6.45, 7) is 4.48. The van der Waals surface area contributed by atoms with Crippen LogP contribution >= 0.6 is 0 Å². The summed E-state index contributed by atoms with van der Waals surface area (Å²) in [5, 5.41) is 21.0. The van der Waals surface area contributed by atoms with Gasteiger partial charge in [0, 0.05) is 5.41 Å². The number of rotatable bonds is 6. The molecular formula is C30H43NO5. The third kappa shape index (κ3) is 4.13. The fourth-order valence-corrected chi connectivity index (χ4v) is 9.94. The fraction of sp³-hybridized carbons (Fsp3) is 0.733. The Morgan fingerprint density at radius 3 is 2.47 bits per heavy atom. The van der Waals surface area contributed by atoms with Crippen molar-refractivity contribution in [3.05, 3.63) is 35.9 Å². The van der Waals surface area contributed by atoms with E-state index in [1.165, 1.54) is 0 Å². The molecule has 10 atom stereocenters. The van der Waals surface area contributed by atoms with Gasteiger partial charge in [-0.05, 0) is 105 Å². The van der Waals surface area contributed by atoms with E-state index in [1.54, 1.807) is 0 Å². The molecule has 4 fully saturated rings. The van der Waals surface area contributed by atoms with Gasteiger partial charge in [0.2, 0.25) is 0 Å². The van der Waals surface area contributed by atoms with Gasteiger partial charge < -0.3 is 20.7 Å². The number of fused-ring (bicyclic) bond motifs is 5. The SMILES string of the molecule is CC(Cc1ccccc1)C(OC(N)=O)[C@]12CC[C@H]3[C@@H](CCC4CCC(O)C[C@@]43C)[C@@H]1CCC2C(=O)O. The lowest BCUT2D eigenvalue weighted by Crippen LogP contribution is -2.60. The molecule has 0 aliphatic heterocycles. The predicted octanol–water partition coefficient (Wildman–Crippen LogP) is 5.41. The number of hydrogen-bond donors (Lipinski definition) is 3. The van der Waals surface area contributed by atoms with Crippen LogP contribution < -0.4 is 5.73 Å². The van der Waals surface area contributed by atoms with Crippen LogP contribution in [0.2, 0.25) is 0 Å². The van der Waals surface area contributed by atoms with Crippen molar-refractivity contribution in [2.75, 3.05) is 0 Å². The lowest BCUT2D eigenvalue weighted by molar-refractivity contribution is -0.180. The molecule has 198 valence electrons. The Balaban J connectivity index is 1.52. The van der Waals surface area contributed by atoms with E-state index in [-0.39, 0.29) is 23.4 Å². The maximum absolute atomic E-state index is 12.7. The maximum Gasteiger partial charge on any atom is 0.404 e. The Bertz CT molecular complexity index is 967. The Kier molecular flexibility index (Phi) is 6.86. The van der Waals surface area contributed by atoms with Crippen LogP contribution in [0.3, 0.4) is 0 Å². The molecule has 5 rings (SSSR count). The maximum atomic E-state index is 12.7. The van der Waals surface area contributed by atoms with Crippen LogP contribution in [0.4, 0.5) is 4.79 Å². The number of carbonyl (C=O) groups is 2. The van der Waals surface area contributed by atoms with E-state index in [2.05, 4.69) is 26.0 Å². The van der Waals surface area contributed by atoms with E-state index in [9.17, 15) is 19.8 Å². The number of amides is 1. The summed E-state index contributed by atoms with van der Waals surface area (Å²) in [6.07, 6.45) is 7.40. The van der Waals surface area contributed by atoms with E-state index < -0.39 is 29.5 Å². The van der Waals surface area contributed by atoms with Crippen molar-refractivity contribution in [3.63, 3.8) is 0 Å². The molecule has 4 aliphatic carbocycles. The minimum Gasteiger partial charge on any atom is -0.481 e. The topological polar surface area (TPSA) is 110 Å². The van der Waals surface area contributed by atoms with Crippen molar-refractivity contribution in [1.82, 2.24) is 0 Å². The molecule has 4 saturated carbocycles. The van der Waals surface area contributed by atoms with Crippen molar-refractivity contribution < 1.29 is 24.5 Å². The second-order valence-electron chi connectivity index (χ2n) is 12.7. The van der Waals surface area contributed by atoms with Crippen molar-refractivity contribution in [1.29, 1.82) is 0 Å². The number of benzene rings is 1. The number of carbonyl (C=O) groups excluding carboxylic acids is 1. The zero-order valence-electron chi connectivity index (χ0n) is 21.8. The van der Waals surface area contributed by atoms with Crippen LogP contribution in [0.1, 0.15) is 77.2 Å². The Morgan fingerprint density at radius 2 is 1.78 bits per heavy atom. The van der Waals surface area contributed by atoms with E-state index in [0.717, 1.165) is 56.9 Å². The highest BCUT2D eigenvalue weighted by Gasteiger charge is 2.67. The van der Waals surface area contributed by atoms with Crippen LogP contribution in [0.15, 0.2) is 30.3 Å². The van der Waals surface area contributed by atoms with E-state index in [4.69, 9.17) is 10.5 Å². The minimum atomic E-state index is -0.808. The molecule has 4 aliphatic rings. The first-order valence-electron chi connectivity index (χ1n) is 14.1. The lowest BCUT2D eigenvalue weighted by atomic mass is 9.43.